The third-order valence-corrected chi connectivity index (χ3v) is 3.89. The number of fused-ring (bicyclic) bond motifs is 1. The van der Waals surface area contributed by atoms with Crippen LogP contribution >= 0.6 is 0 Å². The molecule has 0 saturated carbocycles. The van der Waals surface area contributed by atoms with Crippen LogP contribution in [0.1, 0.15) is 11.1 Å². The van der Waals surface area contributed by atoms with E-state index in [-0.39, 0.29) is 6.79 Å². The lowest BCUT2D eigenvalue weighted by Gasteiger charge is -2.13. The first-order valence-corrected chi connectivity index (χ1v) is 7.43. The Hall–Kier alpha value is -2.56. The SMILES string of the molecule is COc1cccc(CCc2cc(OC)c3c(c2)OCO3)c1OC. The number of ether oxygens (including phenoxy) is 5. The highest BCUT2D eigenvalue weighted by Crippen LogP contribution is 2.42. The van der Waals surface area contributed by atoms with Gasteiger partial charge in [-0.2, -0.15) is 0 Å². The van der Waals surface area contributed by atoms with Gasteiger partial charge in [0.05, 0.1) is 21.3 Å². The largest absolute Gasteiger partial charge is 0.493 e. The van der Waals surface area contributed by atoms with Crippen LogP contribution in [0.5, 0.6) is 28.7 Å². The average Bonchev–Trinajstić information content (AvgIpc) is 3.07. The van der Waals surface area contributed by atoms with Crippen LogP contribution in [-0.4, -0.2) is 28.1 Å². The Kier molecular flexibility index (Phi) is 4.46. The van der Waals surface area contributed by atoms with Gasteiger partial charge in [0.1, 0.15) is 0 Å². The van der Waals surface area contributed by atoms with Crippen molar-refractivity contribution in [1.29, 1.82) is 0 Å². The molecule has 0 spiro atoms. The highest BCUT2D eigenvalue weighted by molar-refractivity contribution is 5.55. The molecular weight excluding hydrogens is 296 g/mol. The fraction of sp³-hybridized carbons (Fsp3) is 0.333. The molecule has 1 aliphatic heterocycles. The van der Waals surface area contributed by atoms with Gasteiger partial charge in [-0.05, 0) is 42.2 Å². The van der Waals surface area contributed by atoms with Crippen LogP contribution < -0.4 is 23.7 Å². The van der Waals surface area contributed by atoms with Gasteiger partial charge in [-0.15, -0.1) is 0 Å². The first-order valence-electron chi connectivity index (χ1n) is 7.43. The lowest BCUT2D eigenvalue weighted by Crippen LogP contribution is -1.98. The lowest BCUT2D eigenvalue weighted by atomic mass is 10.0. The maximum absolute atomic E-state index is 5.48. The van der Waals surface area contributed by atoms with Crippen molar-refractivity contribution in [2.24, 2.45) is 0 Å². The molecule has 2 aromatic carbocycles. The summed E-state index contributed by atoms with van der Waals surface area (Å²) in [4.78, 5) is 0. The van der Waals surface area contributed by atoms with E-state index in [9.17, 15) is 0 Å². The minimum atomic E-state index is 0.235. The Bertz CT molecular complexity index is 696. The second-order valence-corrected chi connectivity index (χ2v) is 5.18. The van der Waals surface area contributed by atoms with Crippen molar-refractivity contribution < 1.29 is 23.7 Å². The van der Waals surface area contributed by atoms with Gasteiger partial charge < -0.3 is 23.7 Å². The molecule has 3 rings (SSSR count). The van der Waals surface area contributed by atoms with E-state index in [4.69, 9.17) is 23.7 Å². The van der Waals surface area contributed by atoms with Crippen LogP contribution in [0.15, 0.2) is 30.3 Å². The fourth-order valence-electron chi connectivity index (χ4n) is 2.76. The topological polar surface area (TPSA) is 46.2 Å². The third kappa shape index (κ3) is 2.99. The van der Waals surface area contributed by atoms with E-state index in [1.165, 1.54) is 0 Å². The van der Waals surface area contributed by atoms with Gasteiger partial charge in [0.15, 0.2) is 23.0 Å². The van der Waals surface area contributed by atoms with Crippen molar-refractivity contribution in [3.05, 3.63) is 41.5 Å². The quantitative estimate of drug-likeness (QED) is 0.819. The summed E-state index contributed by atoms with van der Waals surface area (Å²) in [5.74, 6) is 3.63. The Labute approximate surface area is 135 Å². The molecule has 5 heteroatoms. The summed E-state index contributed by atoms with van der Waals surface area (Å²) in [5.41, 5.74) is 2.22. The second-order valence-electron chi connectivity index (χ2n) is 5.18. The molecule has 0 atom stereocenters. The lowest BCUT2D eigenvalue weighted by molar-refractivity contribution is 0.171. The first-order chi connectivity index (χ1) is 11.3. The van der Waals surface area contributed by atoms with E-state index >= 15 is 0 Å². The highest BCUT2D eigenvalue weighted by atomic mass is 16.7. The predicted octanol–water partition coefficient (Wildman–Crippen LogP) is 3.23. The molecule has 5 nitrogen and oxygen atoms in total. The predicted molar refractivity (Wildman–Crippen MR) is 86.1 cm³/mol. The molecule has 122 valence electrons. The minimum absolute atomic E-state index is 0.235. The van der Waals surface area contributed by atoms with Crippen LogP contribution in [-0.2, 0) is 12.8 Å². The number of rotatable bonds is 6. The summed E-state index contributed by atoms with van der Waals surface area (Å²) in [6.07, 6.45) is 1.65. The standard InChI is InChI=1S/C18H20O5/c1-19-14-6-4-5-13(17(14)21-3)8-7-12-9-15(20-2)18-16(10-12)22-11-23-18/h4-6,9-10H,7-8,11H2,1-3H3. The van der Waals surface area contributed by atoms with Gasteiger partial charge in [-0.25, -0.2) is 0 Å². The Morgan fingerprint density at radius 2 is 1.74 bits per heavy atom. The molecule has 2 aromatic rings. The molecule has 0 unspecified atom stereocenters. The molecular formula is C18H20O5. The van der Waals surface area contributed by atoms with Gasteiger partial charge in [0.25, 0.3) is 0 Å². The molecule has 1 aliphatic rings. The first kappa shape index (κ1) is 15.3. The van der Waals surface area contributed by atoms with E-state index in [1.807, 2.05) is 30.3 Å². The maximum atomic E-state index is 5.48. The summed E-state index contributed by atoms with van der Waals surface area (Å²) in [5, 5.41) is 0. The number of methoxy groups -OCH3 is 3. The van der Waals surface area contributed by atoms with E-state index in [2.05, 4.69) is 0 Å². The third-order valence-electron chi connectivity index (χ3n) is 3.89. The molecule has 23 heavy (non-hydrogen) atoms. The van der Waals surface area contributed by atoms with Crippen molar-refractivity contribution in [1.82, 2.24) is 0 Å². The molecule has 0 aliphatic carbocycles. The maximum Gasteiger partial charge on any atom is 0.231 e. The minimum Gasteiger partial charge on any atom is -0.493 e. The average molecular weight is 316 g/mol. The van der Waals surface area contributed by atoms with E-state index < -0.39 is 0 Å². The van der Waals surface area contributed by atoms with Gasteiger partial charge in [0, 0.05) is 0 Å². The molecule has 0 fully saturated rings. The molecule has 0 amide bonds. The van der Waals surface area contributed by atoms with Crippen LogP contribution in [0.2, 0.25) is 0 Å². The van der Waals surface area contributed by atoms with Crippen molar-refractivity contribution >= 4 is 0 Å². The highest BCUT2D eigenvalue weighted by Gasteiger charge is 2.20. The smallest absolute Gasteiger partial charge is 0.231 e. The normalized spacial score (nSPS) is 12.1. The molecule has 0 radical (unpaired) electrons. The molecule has 0 saturated heterocycles. The second kappa shape index (κ2) is 6.69. The zero-order valence-electron chi connectivity index (χ0n) is 13.5. The Morgan fingerprint density at radius 3 is 2.48 bits per heavy atom. The molecule has 0 bridgehead atoms. The van der Waals surface area contributed by atoms with Gasteiger partial charge in [-0.1, -0.05) is 12.1 Å². The van der Waals surface area contributed by atoms with E-state index in [0.29, 0.717) is 11.5 Å². The Balaban J connectivity index is 1.82. The van der Waals surface area contributed by atoms with Crippen LogP contribution in [0.25, 0.3) is 0 Å². The van der Waals surface area contributed by atoms with Gasteiger partial charge in [0.2, 0.25) is 12.5 Å². The van der Waals surface area contributed by atoms with Crippen molar-refractivity contribution in [3.63, 3.8) is 0 Å². The van der Waals surface area contributed by atoms with Crippen molar-refractivity contribution in [3.8, 4) is 28.7 Å². The van der Waals surface area contributed by atoms with Crippen molar-refractivity contribution in [2.75, 3.05) is 28.1 Å². The van der Waals surface area contributed by atoms with Crippen LogP contribution in [0, 0.1) is 0 Å². The van der Waals surface area contributed by atoms with Crippen LogP contribution in [0.4, 0.5) is 0 Å². The van der Waals surface area contributed by atoms with Gasteiger partial charge in [-0.3, -0.25) is 0 Å². The van der Waals surface area contributed by atoms with Crippen molar-refractivity contribution in [2.45, 2.75) is 12.8 Å². The van der Waals surface area contributed by atoms with E-state index in [1.54, 1.807) is 21.3 Å². The molecule has 0 N–H and O–H groups in total. The summed E-state index contributed by atoms with van der Waals surface area (Å²) in [6.45, 7) is 0.235. The van der Waals surface area contributed by atoms with Gasteiger partial charge >= 0.3 is 0 Å². The zero-order valence-corrected chi connectivity index (χ0v) is 13.5. The summed E-state index contributed by atoms with van der Waals surface area (Å²) in [6, 6.07) is 9.89. The zero-order chi connectivity index (χ0) is 16.2. The summed E-state index contributed by atoms with van der Waals surface area (Å²) in [7, 11) is 4.93. The van der Waals surface area contributed by atoms with Crippen LogP contribution in [0.3, 0.4) is 0 Å². The molecule has 1 heterocycles. The monoisotopic (exact) mass is 316 g/mol. The summed E-state index contributed by atoms with van der Waals surface area (Å²) < 4.78 is 27.1. The number of aryl methyl sites for hydroxylation is 2. The van der Waals surface area contributed by atoms with E-state index in [0.717, 1.165) is 41.2 Å². The summed E-state index contributed by atoms with van der Waals surface area (Å²) >= 11 is 0. The fourth-order valence-corrected chi connectivity index (χ4v) is 2.76. The molecule has 0 aromatic heterocycles. The number of hydrogen-bond donors (Lipinski definition) is 0. The number of benzene rings is 2. The Morgan fingerprint density at radius 1 is 0.913 bits per heavy atom. The number of para-hydroxylation sites is 1. The number of hydrogen-bond acceptors (Lipinski definition) is 5.